The van der Waals surface area contributed by atoms with E-state index in [0.717, 1.165) is 13.1 Å². The second-order valence-electron chi connectivity index (χ2n) is 3.75. The zero-order valence-electron chi connectivity index (χ0n) is 10.1. The summed E-state index contributed by atoms with van der Waals surface area (Å²) in [4.78, 5) is 2.27. The van der Waals surface area contributed by atoms with Crippen molar-refractivity contribution in [3.05, 3.63) is 29.8 Å². The molecule has 0 fully saturated rings. The van der Waals surface area contributed by atoms with E-state index in [-0.39, 0.29) is 6.61 Å². The largest absolute Gasteiger partial charge is 0.394 e. The molecule has 0 aliphatic rings. The molecule has 3 heteroatoms. The maximum absolute atomic E-state index is 8.60. The Labute approximate surface area is 97.7 Å². The monoisotopic (exact) mass is 223 g/mol. The lowest BCUT2D eigenvalue weighted by atomic mass is 10.2. The molecule has 0 saturated heterocycles. The Balaban J connectivity index is 2.47. The molecule has 0 bridgehead atoms. The van der Waals surface area contributed by atoms with Crippen LogP contribution in [0.5, 0.6) is 0 Å². The molecule has 1 aromatic rings. The molecule has 0 amide bonds. The van der Waals surface area contributed by atoms with E-state index >= 15 is 0 Å². The third-order valence-corrected chi connectivity index (χ3v) is 2.49. The van der Waals surface area contributed by atoms with E-state index in [4.69, 9.17) is 9.84 Å². The van der Waals surface area contributed by atoms with Gasteiger partial charge in [0.05, 0.1) is 19.8 Å². The highest BCUT2D eigenvalue weighted by molar-refractivity contribution is 5.48. The Kier molecular flexibility index (Phi) is 5.90. The van der Waals surface area contributed by atoms with Crippen LogP contribution in [0.4, 0.5) is 5.69 Å². The van der Waals surface area contributed by atoms with E-state index in [2.05, 4.69) is 43.0 Å². The number of hydrogen-bond donors (Lipinski definition) is 1. The predicted octanol–water partition coefficient (Wildman–Crippen LogP) is 1.83. The quantitative estimate of drug-likeness (QED) is 0.716. The summed E-state index contributed by atoms with van der Waals surface area (Å²) in [7, 11) is 0. The number of ether oxygens (including phenoxy) is 1. The van der Waals surface area contributed by atoms with Gasteiger partial charge in [-0.25, -0.2) is 0 Å². The summed E-state index contributed by atoms with van der Waals surface area (Å²) in [5, 5.41) is 8.60. The number of aliphatic hydroxyl groups excluding tert-OH is 1. The molecule has 0 spiro atoms. The van der Waals surface area contributed by atoms with Crippen LogP contribution in [0.15, 0.2) is 24.3 Å². The second-order valence-corrected chi connectivity index (χ2v) is 3.75. The maximum Gasteiger partial charge on any atom is 0.0698 e. The van der Waals surface area contributed by atoms with E-state index in [0.29, 0.717) is 13.2 Å². The van der Waals surface area contributed by atoms with Crippen LogP contribution < -0.4 is 4.90 Å². The van der Waals surface area contributed by atoms with Gasteiger partial charge in [0.25, 0.3) is 0 Å². The van der Waals surface area contributed by atoms with Crippen LogP contribution in [-0.2, 0) is 4.74 Å². The number of benzene rings is 1. The third kappa shape index (κ3) is 4.21. The molecule has 16 heavy (non-hydrogen) atoms. The SMILES string of the molecule is CCN(CCOCCO)c1cccc(C)c1. The average Bonchev–Trinajstić information content (AvgIpc) is 2.29. The van der Waals surface area contributed by atoms with Crippen molar-refractivity contribution in [1.29, 1.82) is 0 Å². The summed E-state index contributed by atoms with van der Waals surface area (Å²) in [6.07, 6.45) is 0. The standard InChI is InChI=1S/C13H21NO2/c1-3-14(7-9-16-10-8-15)13-6-4-5-12(2)11-13/h4-6,11,15H,3,7-10H2,1-2H3. The van der Waals surface area contributed by atoms with Crippen LogP contribution in [0.1, 0.15) is 12.5 Å². The molecule has 90 valence electrons. The van der Waals surface area contributed by atoms with Crippen molar-refractivity contribution < 1.29 is 9.84 Å². The maximum atomic E-state index is 8.60. The van der Waals surface area contributed by atoms with Gasteiger partial charge in [0.15, 0.2) is 0 Å². The lowest BCUT2D eigenvalue weighted by Crippen LogP contribution is -2.27. The van der Waals surface area contributed by atoms with Crippen LogP contribution >= 0.6 is 0 Å². The van der Waals surface area contributed by atoms with Gasteiger partial charge in [0, 0.05) is 18.8 Å². The molecular formula is C13H21NO2. The van der Waals surface area contributed by atoms with Crippen LogP contribution in [0.2, 0.25) is 0 Å². The van der Waals surface area contributed by atoms with E-state index in [9.17, 15) is 0 Å². The summed E-state index contributed by atoms with van der Waals surface area (Å²) in [6.45, 7) is 7.23. The van der Waals surface area contributed by atoms with Gasteiger partial charge < -0.3 is 14.7 Å². The van der Waals surface area contributed by atoms with Crippen molar-refractivity contribution in [3.63, 3.8) is 0 Å². The van der Waals surface area contributed by atoms with E-state index in [1.165, 1.54) is 11.3 Å². The zero-order chi connectivity index (χ0) is 11.8. The molecule has 0 unspecified atom stereocenters. The highest BCUT2D eigenvalue weighted by atomic mass is 16.5. The van der Waals surface area contributed by atoms with Gasteiger partial charge in [-0.05, 0) is 31.5 Å². The fourth-order valence-electron chi connectivity index (χ4n) is 1.64. The Hall–Kier alpha value is -1.06. The number of nitrogens with zero attached hydrogens (tertiary/aromatic N) is 1. The summed E-state index contributed by atoms with van der Waals surface area (Å²) in [5.41, 5.74) is 2.50. The minimum atomic E-state index is 0.0938. The molecule has 0 heterocycles. The lowest BCUT2D eigenvalue weighted by Gasteiger charge is -2.23. The fourth-order valence-corrected chi connectivity index (χ4v) is 1.64. The first-order valence-electron chi connectivity index (χ1n) is 5.78. The minimum Gasteiger partial charge on any atom is -0.394 e. The van der Waals surface area contributed by atoms with Gasteiger partial charge in [-0.3, -0.25) is 0 Å². The number of rotatable bonds is 7. The Morgan fingerprint density at radius 2 is 2.12 bits per heavy atom. The molecule has 0 saturated carbocycles. The van der Waals surface area contributed by atoms with Gasteiger partial charge in [0.2, 0.25) is 0 Å². The van der Waals surface area contributed by atoms with Gasteiger partial charge in [-0.1, -0.05) is 12.1 Å². The number of likely N-dealkylation sites (N-methyl/N-ethyl adjacent to an activating group) is 1. The molecule has 0 radical (unpaired) electrons. The summed E-state index contributed by atoms with van der Waals surface area (Å²) in [5.74, 6) is 0. The predicted molar refractivity (Wildman–Crippen MR) is 67.0 cm³/mol. The molecular weight excluding hydrogens is 202 g/mol. The normalized spacial score (nSPS) is 10.4. The molecule has 0 atom stereocenters. The second kappa shape index (κ2) is 7.25. The Morgan fingerprint density at radius 1 is 1.31 bits per heavy atom. The van der Waals surface area contributed by atoms with E-state index < -0.39 is 0 Å². The van der Waals surface area contributed by atoms with Gasteiger partial charge >= 0.3 is 0 Å². The average molecular weight is 223 g/mol. The molecule has 0 aliphatic carbocycles. The van der Waals surface area contributed by atoms with Crippen molar-refractivity contribution >= 4 is 5.69 Å². The number of aliphatic hydroxyl groups is 1. The van der Waals surface area contributed by atoms with E-state index in [1.54, 1.807) is 0 Å². The molecule has 0 aliphatic heterocycles. The smallest absolute Gasteiger partial charge is 0.0698 e. The minimum absolute atomic E-state index is 0.0938. The molecule has 0 aromatic heterocycles. The first-order valence-corrected chi connectivity index (χ1v) is 5.78. The summed E-state index contributed by atoms with van der Waals surface area (Å²) < 4.78 is 5.28. The van der Waals surface area contributed by atoms with Crippen molar-refractivity contribution in [3.8, 4) is 0 Å². The van der Waals surface area contributed by atoms with Crippen molar-refractivity contribution in [1.82, 2.24) is 0 Å². The summed E-state index contributed by atoms with van der Waals surface area (Å²) in [6, 6.07) is 8.46. The van der Waals surface area contributed by atoms with Gasteiger partial charge in [-0.15, -0.1) is 0 Å². The Morgan fingerprint density at radius 3 is 2.75 bits per heavy atom. The fraction of sp³-hybridized carbons (Fsp3) is 0.538. The van der Waals surface area contributed by atoms with Crippen molar-refractivity contribution in [2.75, 3.05) is 37.8 Å². The lowest BCUT2D eigenvalue weighted by molar-refractivity contribution is 0.0967. The molecule has 1 rings (SSSR count). The number of aryl methyl sites for hydroxylation is 1. The van der Waals surface area contributed by atoms with Crippen LogP contribution in [0.3, 0.4) is 0 Å². The number of anilines is 1. The molecule has 1 aromatic carbocycles. The third-order valence-electron chi connectivity index (χ3n) is 2.49. The topological polar surface area (TPSA) is 32.7 Å². The van der Waals surface area contributed by atoms with Crippen LogP contribution in [0, 0.1) is 6.92 Å². The summed E-state index contributed by atoms with van der Waals surface area (Å²) >= 11 is 0. The highest BCUT2D eigenvalue weighted by Crippen LogP contribution is 2.15. The first-order chi connectivity index (χ1) is 7.77. The molecule has 3 nitrogen and oxygen atoms in total. The van der Waals surface area contributed by atoms with E-state index in [1.807, 2.05) is 0 Å². The van der Waals surface area contributed by atoms with Gasteiger partial charge in [-0.2, -0.15) is 0 Å². The van der Waals surface area contributed by atoms with Crippen molar-refractivity contribution in [2.45, 2.75) is 13.8 Å². The first kappa shape index (κ1) is 13.0. The van der Waals surface area contributed by atoms with Gasteiger partial charge in [0.1, 0.15) is 0 Å². The molecule has 1 N–H and O–H groups in total. The van der Waals surface area contributed by atoms with Crippen LogP contribution in [0.25, 0.3) is 0 Å². The highest BCUT2D eigenvalue weighted by Gasteiger charge is 2.03. The zero-order valence-corrected chi connectivity index (χ0v) is 10.1. The Bertz CT molecular complexity index is 302. The number of hydrogen-bond acceptors (Lipinski definition) is 3. The van der Waals surface area contributed by atoms with Crippen LogP contribution in [-0.4, -0.2) is 38.0 Å². The van der Waals surface area contributed by atoms with Crippen molar-refractivity contribution in [2.24, 2.45) is 0 Å².